The van der Waals surface area contributed by atoms with Gasteiger partial charge in [-0.1, -0.05) is 29.5 Å². The minimum Gasteiger partial charge on any atom is -0.350 e. The summed E-state index contributed by atoms with van der Waals surface area (Å²) in [6, 6.07) is 8.78. The molecule has 2 heterocycles. The van der Waals surface area contributed by atoms with Gasteiger partial charge in [0.15, 0.2) is 15.1 Å². The molecule has 1 aromatic carbocycles. The van der Waals surface area contributed by atoms with Gasteiger partial charge in [0.1, 0.15) is 11.0 Å². The monoisotopic (exact) mass is 318 g/mol. The van der Waals surface area contributed by atoms with E-state index in [1.54, 1.807) is 4.57 Å². The number of carbonyl (C=O) groups excluding carboxylic acids is 1. The normalized spacial score (nSPS) is 10.7. The van der Waals surface area contributed by atoms with E-state index in [4.69, 9.17) is 23.4 Å². The second kappa shape index (κ2) is 5.11. The number of nitrogens with one attached hydrogen (secondary N) is 2. The van der Waals surface area contributed by atoms with Gasteiger partial charge in [-0.3, -0.25) is 9.98 Å². The van der Waals surface area contributed by atoms with E-state index >= 15 is 0 Å². The van der Waals surface area contributed by atoms with Gasteiger partial charge in [-0.05, 0) is 24.4 Å². The molecule has 0 radical (unpaired) electrons. The van der Waals surface area contributed by atoms with Gasteiger partial charge < -0.3 is 5.73 Å². The first-order valence-electron chi connectivity index (χ1n) is 5.87. The lowest BCUT2D eigenvalue weighted by molar-refractivity contribution is 0.256. The first-order valence-corrected chi connectivity index (χ1v) is 7.10. The number of thiazole rings is 1. The number of primary amides is 1. The standard InChI is InChI=1S/C12H10N6OS2/c13-9-8-10(15-6-17(9)16-11(14)19)18(12(20)21-8)7-4-2-1-3-5-7/h1-6,13H,(H3,14,16,19). The van der Waals surface area contributed by atoms with Crippen LogP contribution in [0.5, 0.6) is 0 Å². The Balaban J connectivity index is 2.28. The number of aromatic nitrogens is 3. The Morgan fingerprint density at radius 3 is 2.76 bits per heavy atom. The van der Waals surface area contributed by atoms with Crippen LogP contribution >= 0.6 is 23.6 Å². The highest BCUT2D eigenvalue weighted by atomic mass is 32.1. The van der Waals surface area contributed by atoms with Crippen LogP contribution in [-0.2, 0) is 0 Å². The second-order valence-electron chi connectivity index (χ2n) is 4.13. The molecule has 106 valence electrons. The summed E-state index contributed by atoms with van der Waals surface area (Å²) in [5, 5.41) is 8.11. The molecule has 0 atom stereocenters. The third-order valence-electron chi connectivity index (χ3n) is 2.78. The fourth-order valence-electron chi connectivity index (χ4n) is 1.93. The maximum Gasteiger partial charge on any atom is 0.331 e. The first kappa shape index (κ1) is 13.5. The SMILES string of the molecule is N=c1c2sc(=S)n(-c3ccccc3)c2ncn1NC(N)=O. The minimum absolute atomic E-state index is 0.0737. The van der Waals surface area contributed by atoms with Crippen molar-refractivity contribution in [3.05, 3.63) is 46.1 Å². The Kier molecular flexibility index (Phi) is 3.28. The van der Waals surface area contributed by atoms with Crippen LogP contribution in [0.1, 0.15) is 0 Å². The molecule has 0 aliphatic rings. The van der Waals surface area contributed by atoms with Crippen molar-refractivity contribution in [2.24, 2.45) is 5.73 Å². The number of para-hydroxylation sites is 1. The number of fused-ring (bicyclic) bond motifs is 1. The smallest absolute Gasteiger partial charge is 0.331 e. The highest BCUT2D eigenvalue weighted by Gasteiger charge is 2.11. The van der Waals surface area contributed by atoms with Crippen molar-refractivity contribution in [3.8, 4) is 5.69 Å². The Labute approximate surface area is 127 Å². The summed E-state index contributed by atoms with van der Waals surface area (Å²) >= 11 is 6.62. The van der Waals surface area contributed by atoms with E-state index in [1.165, 1.54) is 17.7 Å². The van der Waals surface area contributed by atoms with E-state index in [1.807, 2.05) is 30.3 Å². The maximum absolute atomic E-state index is 10.9. The maximum atomic E-state index is 10.9. The molecule has 0 saturated heterocycles. The molecule has 2 amide bonds. The zero-order valence-electron chi connectivity index (χ0n) is 10.6. The molecule has 2 aromatic heterocycles. The molecule has 0 spiro atoms. The van der Waals surface area contributed by atoms with Crippen molar-refractivity contribution < 1.29 is 4.79 Å². The van der Waals surface area contributed by atoms with Crippen LogP contribution in [0.15, 0.2) is 36.7 Å². The number of benzene rings is 1. The summed E-state index contributed by atoms with van der Waals surface area (Å²) in [7, 11) is 0. The average Bonchev–Trinajstić information content (AvgIpc) is 2.80. The number of hydrogen-bond acceptors (Lipinski definition) is 5. The number of amides is 2. The molecule has 4 N–H and O–H groups in total. The predicted molar refractivity (Wildman–Crippen MR) is 82.6 cm³/mol. The summed E-state index contributed by atoms with van der Waals surface area (Å²) in [5.74, 6) is 0. The van der Waals surface area contributed by atoms with Crippen molar-refractivity contribution in [2.45, 2.75) is 0 Å². The van der Waals surface area contributed by atoms with Crippen molar-refractivity contribution in [2.75, 3.05) is 5.43 Å². The lowest BCUT2D eigenvalue weighted by Gasteiger charge is -2.07. The largest absolute Gasteiger partial charge is 0.350 e. The van der Waals surface area contributed by atoms with Gasteiger partial charge in [0.25, 0.3) is 0 Å². The summed E-state index contributed by atoms with van der Waals surface area (Å²) in [4.78, 5) is 15.2. The minimum atomic E-state index is -0.763. The quantitative estimate of drug-likeness (QED) is 0.627. The lowest BCUT2D eigenvalue weighted by atomic mass is 10.3. The Morgan fingerprint density at radius 1 is 1.38 bits per heavy atom. The Bertz CT molecular complexity index is 940. The fourth-order valence-corrected chi connectivity index (χ4v) is 3.25. The fraction of sp³-hybridized carbons (Fsp3) is 0. The van der Waals surface area contributed by atoms with E-state index in [2.05, 4.69) is 10.4 Å². The van der Waals surface area contributed by atoms with Crippen molar-refractivity contribution in [1.82, 2.24) is 14.2 Å². The van der Waals surface area contributed by atoms with Crippen LogP contribution in [-0.4, -0.2) is 20.3 Å². The first-order chi connectivity index (χ1) is 10.1. The molecule has 0 aliphatic heterocycles. The molecule has 3 rings (SSSR count). The van der Waals surface area contributed by atoms with Gasteiger partial charge in [0, 0.05) is 5.69 Å². The molecule has 0 unspecified atom stereocenters. The zero-order chi connectivity index (χ0) is 15.0. The number of carbonyl (C=O) groups is 1. The van der Waals surface area contributed by atoms with Gasteiger partial charge in [0.2, 0.25) is 0 Å². The third kappa shape index (κ3) is 2.32. The van der Waals surface area contributed by atoms with Gasteiger partial charge in [-0.15, -0.1) is 0 Å². The molecule has 0 saturated carbocycles. The molecular formula is C12H10N6OS2. The summed E-state index contributed by atoms with van der Waals surface area (Å²) in [5.41, 5.74) is 8.88. The summed E-state index contributed by atoms with van der Waals surface area (Å²) in [6.07, 6.45) is 1.33. The molecule has 3 aromatic rings. The number of hydrogen-bond donors (Lipinski definition) is 3. The topological polar surface area (TPSA) is 102 Å². The second-order valence-corrected chi connectivity index (χ2v) is 5.78. The number of rotatable bonds is 2. The van der Waals surface area contributed by atoms with Crippen LogP contribution in [0.4, 0.5) is 4.79 Å². The molecule has 0 bridgehead atoms. The van der Waals surface area contributed by atoms with Gasteiger partial charge in [-0.25, -0.2) is 19.9 Å². The molecule has 0 fully saturated rings. The van der Waals surface area contributed by atoms with Crippen LogP contribution in [0.25, 0.3) is 16.0 Å². The van der Waals surface area contributed by atoms with E-state index in [0.29, 0.717) is 14.3 Å². The van der Waals surface area contributed by atoms with Crippen LogP contribution in [0.2, 0.25) is 0 Å². The van der Waals surface area contributed by atoms with Gasteiger partial charge in [0.05, 0.1) is 0 Å². The average molecular weight is 318 g/mol. The van der Waals surface area contributed by atoms with E-state index in [-0.39, 0.29) is 5.49 Å². The van der Waals surface area contributed by atoms with Crippen LogP contribution in [0, 0.1) is 9.36 Å². The van der Waals surface area contributed by atoms with E-state index in [9.17, 15) is 4.79 Å². The lowest BCUT2D eigenvalue weighted by Crippen LogP contribution is -2.36. The molecule has 0 aliphatic carbocycles. The third-order valence-corrected chi connectivity index (χ3v) is 4.15. The number of nitrogens with two attached hydrogens (primary N) is 1. The van der Waals surface area contributed by atoms with Crippen molar-refractivity contribution in [1.29, 1.82) is 5.41 Å². The number of urea groups is 1. The van der Waals surface area contributed by atoms with Crippen molar-refractivity contribution >= 4 is 39.9 Å². The van der Waals surface area contributed by atoms with Gasteiger partial charge in [-0.2, -0.15) is 0 Å². The Morgan fingerprint density at radius 2 is 2.10 bits per heavy atom. The predicted octanol–water partition coefficient (Wildman–Crippen LogP) is 1.72. The molecule has 7 nitrogen and oxygen atoms in total. The van der Waals surface area contributed by atoms with Crippen LogP contribution in [0.3, 0.4) is 0 Å². The highest BCUT2D eigenvalue weighted by molar-refractivity contribution is 7.73. The highest BCUT2D eigenvalue weighted by Crippen LogP contribution is 2.22. The van der Waals surface area contributed by atoms with E-state index in [0.717, 1.165) is 10.4 Å². The summed E-state index contributed by atoms with van der Waals surface area (Å²) in [6.45, 7) is 0. The number of nitrogens with zero attached hydrogens (tertiary/aromatic N) is 3. The van der Waals surface area contributed by atoms with E-state index < -0.39 is 6.03 Å². The molecular weight excluding hydrogens is 308 g/mol. The van der Waals surface area contributed by atoms with Crippen molar-refractivity contribution in [3.63, 3.8) is 0 Å². The van der Waals surface area contributed by atoms with Crippen LogP contribution < -0.4 is 16.6 Å². The van der Waals surface area contributed by atoms with Gasteiger partial charge >= 0.3 is 6.03 Å². The summed E-state index contributed by atoms with van der Waals surface area (Å²) < 4.78 is 4.10. The molecule has 9 heteroatoms. The zero-order valence-corrected chi connectivity index (χ0v) is 12.2. The molecule has 21 heavy (non-hydrogen) atoms. The Hall–Kier alpha value is -2.52.